The molecule has 3 heterocycles. The summed E-state index contributed by atoms with van der Waals surface area (Å²) in [4.78, 5) is 15.4. The van der Waals surface area contributed by atoms with Crippen LogP contribution in [0.2, 0.25) is 0 Å². The van der Waals surface area contributed by atoms with Crippen LogP contribution in [0.3, 0.4) is 0 Å². The number of nitrogens with zero attached hydrogens (tertiary/aromatic N) is 3. The molecule has 1 N–H and O–H groups in total. The standard InChI is InChI=1S/C16H14F6N4O2S/c1-28-5-12-25-26-10(13(16(20,21)22)24-14(26)29-12)4-9-7(3-11(27)23-9)6-2-8(6)15(17,18)19/h3,6,8-9H,2,4-5H2,1H3,(H,23,27)/t6-,8+,9?/m0/s1. The summed E-state index contributed by atoms with van der Waals surface area (Å²) in [7, 11) is 1.41. The molecule has 6 nitrogen and oxygen atoms in total. The highest BCUT2D eigenvalue weighted by Gasteiger charge is 2.58. The van der Waals surface area contributed by atoms with Gasteiger partial charge in [0, 0.05) is 19.6 Å². The average Bonchev–Trinajstić information content (AvgIpc) is 3.03. The summed E-state index contributed by atoms with van der Waals surface area (Å²) in [5.41, 5.74) is -1.30. The molecular formula is C16H14F6N4O2S. The van der Waals surface area contributed by atoms with Crippen molar-refractivity contribution in [1.82, 2.24) is 19.9 Å². The summed E-state index contributed by atoms with van der Waals surface area (Å²) in [6.45, 7) is 0.0788. The predicted octanol–water partition coefficient (Wildman–Crippen LogP) is 3.12. The maximum Gasteiger partial charge on any atom is 0.435 e. The van der Waals surface area contributed by atoms with Gasteiger partial charge in [-0.05, 0) is 17.9 Å². The molecule has 2 aromatic heterocycles. The van der Waals surface area contributed by atoms with Crippen LogP contribution in [-0.2, 0) is 28.7 Å². The van der Waals surface area contributed by atoms with E-state index in [9.17, 15) is 31.1 Å². The monoisotopic (exact) mass is 440 g/mol. The van der Waals surface area contributed by atoms with Crippen molar-refractivity contribution >= 4 is 22.2 Å². The molecule has 1 saturated carbocycles. The van der Waals surface area contributed by atoms with E-state index in [2.05, 4.69) is 15.4 Å². The molecule has 1 amide bonds. The summed E-state index contributed by atoms with van der Waals surface area (Å²) in [5, 5.41) is 6.93. The van der Waals surface area contributed by atoms with Gasteiger partial charge < -0.3 is 10.1 Å². The Morgan fingerprint density at radius 3 is 2.62 bits per heavy atom. The van der Waals surface area contributed by atoms with Gasteiger partial charge in [-0.1, -0.05) is 11.3 Å². The zero-order valence-electron chi connectivity index (χ0n) is 14.8. The Bertz CT molecular complexity index is 992. The summed E-state index contributed by atoms with van der Waals surface area (Å²) in [6.07, 6.45) is -8.67. The third-order valence-electron chi connectivity index (χ3n) is 4.93. The van der Waals surface area contributed by atoms with E-state index < -0.39 is 41.8 Å². The van der Waals surface area contributed by atoms with Crippen molar-refractivity contribution in [2.75, 3.05) is 7.11 Å². The molecule has 1 fully saturated rings. The van der Waals surface area contributed by atoms with Gasteiger partial charge in [-0.3, -0.25) is 4.79 Å². The van der Waals surface area contributed by atoms with Gasteiger partial charge in [0.15, 0.2) is 5.69 Å². The SMILES string of the molecule is COCc1nn2c(CC3NC(=O)C=C3[C@@H]3C[C@H]3C(F)(F)F)c(C(F)(F)F)nc2s1. The normalized spacial score (nSPS) is 24.9. The first kappa shape index (κ1) is 20.1. The lowest BCUT2D eigenvalue weighted by atomic mass is 9.98. The number of halogens is 6. The number of methoxy groups -OCH3 is 1. The first-order valence-corrected chi connectivity index (χ1v) is 9.32. The number of hydrogen-bond donors (Lipinski definition) is 1. The molecule has 1 unspecified atom stereocenters. The molecule has 0 aromatic carbocycles. The second-order valence-corrected chi connectivity index (χ2v) is 7.97. The molecule has 0 bridgehead atoms. The molecule has 2 aliphatic rings. The number of carbonyl (C=O) groups is 1. The highest BCUT2D eigenvalue weighted by molar-refractivity contribution is 7.16. The van der Waals surface area contributed by atoms with E-state index in [1.54, 1.807) is 0 Å². The minimum absolute atomic E-state index is 0.00572. The van der Waals surface area contributed by atoms with E-state index in [1.807, 2.05) is 0 Å². The Labute approximate surface area is 163 Å². The lowest BCUT2D eigenvalue weighted by Gasteiger charge is -2.17. The summed E-state index contributed by atoms with van der Waals surface area (Å²) in [6, 6.07) is -0.978. The number of aromatic nitrogens is 3. The molecule has 0 spiro atoms. The van der Waals surface area contributed by atoms with Crippen LogP contribution in [0.5, 0.6) is 0 Å². The summed E-state index contributed by atoms with van der Waals surface area (Å²) >= 11 is 0.920. The maximum atomic E-state index is 13.5. The van der Waals surface area contributed by atoms with Crippen LogP contribution < -0.4 is 5.32 Å². The van der Waals surface area contributed by atoms with Crippen molar-refractivity contribution in [3.05, 3.63) is 28.0 Å². The van der Waals surface area contributed by atoms with E-state index in [-0.39, 0.29) is 35.7 Å². The molecule has 3 atom stereocenters. The number of rotatable bonds is 5. The fourth-order valence-electron chi connectivity index (χ4n) is 3.62. The number of hydrogen-bond acceptors (Lipinski definition) is 5. The van der Waals surface area contributed by atoms with Crippen LogP contribution in [0.15, 0.2) is 11.6 Å². The van der Waals surface area contributed by atoms with Gasteiger partial charge in [0.1, 0.15) is 5.01 Å². The van der Waals surface area contributed by atoms with Crippen LogP contribution in [0.1, 0.15) is 22.8 Å². The second-order valence-electron chi connectivity index (χ2n) is 6.93. The molecule has 4 rings (SSSR count). The average molecular weight is 440 g/mol. The van der Waals surface area contributed by atoms with Gasteiger partial charge in [-0.25, -0.2) is 9.50 Å². The van der Waals surface area contributed by atoms with Crippen molar-refractivity contribution < 1.29 is 35.9 Å². The van der Waals surface area contributed by atoms with Crippen molar-refractivity contribution in [2.24, 2.45) is 11.8 Å². The van der Waals surface area contributed by atoms with Crippen LogP contribution >= 0.6 is 11.3 Å². The van der Waals surface area contributed by atoms with Crippen LogP contribution in [-0.4, -0.2) is 39.8 Å². The topological polar surface area (TPSA) is 68.5 Å². The first-order valence-electron chi connectivity index (χ1n) is 8.51. The number of amides is 1. The van der Waals surface area contributed by atoms with Crippen LogP contribution in [0, 0.1) is 11.8 Å². The van der Waals surface area contributed by atoms with E-state index in [1.165, 1.54) is 7.11 Å². The molecule has 29 heavy (non-hydrogen) atoms. The van der Waals surface area contributed by atoms with Crippen molar-refractivity contribution in [1.29, 1.82) is 0 Å². The molecule has 158 valence electrons. The number of imidazole rings is 1. The van der Waals surface area contributed by atoms with E-state index in [0.29, 0.717) is 5.01 Å². The zero-order chi connectivity index (χ0) is 21.1. The number of fused-ring (bicyclic) bond motifs is 1. The van der Waals surface area contributed by atoms with Crippen LogP contribution in [0.4, 0.5) is 26.3 Å². The van der Waals surface area contributed by atoms with Gasteiger partial charge in [0.05, 0.1) is 24.3 Å². The molecule has 0 radical (unpaired) electrons. The van der Waals surface area contributed by atoms with Gasteiger partial charge in [-0.15, -0.1) is 0 Å². The third-order valence-corrected chi connectivity index (χ3v) is 5.81. The maximum absolute atomic E-state index is 13.5. The number of nitrogens with one attached hydrogen (secondary N) is 1. The van der Waals surface area contributed by atoms with E-state index >= 15 is 0 Å². The Balaban J connectivity index is 1.67. The van der Waals surface area contributed by atoms with Gasteiger partial charge in [0.2, 0.25) is 10.9 Å². The highest BCUT2D eigenvalue weighted by Crippen LogP contribution is 2.55. The third kappa shape index (κ3) is 3.72. The molecule has 1 aliphatic heterocycles. The minimum Gasteiger partial charge on any atom is -0.377 e. The van der Waals surface area contributed by atoms with Crippen molar-refractivity contribution in [2.45, 2.75) is 37.8 Å². The quantitative estimate of drug-likeness (QED) is 0.726. The second kappa shape index (κ2) is 6.69. The molecule has 0 saturated heterocycles. The van der Waals surface area contributed by atoms with Gasteiger partial charge >= 0.3 is 12.4 Å². The lowest BCUT2D eigenvalue weighted by Crippen LogP contribution is -2.32. The highest BCUT2D eigenvalue weighted by atomic mass is 32.1. The largest absolute Gasteiger partial charge is 0.435 e. The van der Waals surface area contributed by atoms with Crippen molar-refractivity contribution in [3.8, 4) is 0 Å². The fraction of sp³-hybridized carbons (Fsp3) is 0.562. The van der Waals surface area contributed by atoms with Gasteiger partial charge in [0.25, 0.3) is 0 Å². The van der Waals surface area contributed by atoms with Crippen LogP contribution in [0.25, 0.3) is 4.96 Å². The molecular weight excluding hydrogens is 426 g/mol. The molecule has 2 aromatic rings. The zero-order valence-corrected chi connectivity index (χ0v) is 15.6. The Hall–Kier alpha value is -2.15. The summed E-state index contributed by atoms with van der Waals surface area (Å²) in [5.74, 6) is -3.11. The van der Waals surface area contributed by atoms with Gasteiger partial charge in [-0.2, -0.15) is 31.4 Å². The lowest BCUT2D eigenvalue weighted by molar-refractivity contribution is -0.150. The Morgan fingerprint density at radius 1 is 1.31 bits per heavy atom. The number of alkyl halides is 6. The smallest absolute Gasteiger partial charge is 0.377 e. The number of ether oxygens (including phenoxy) is 1. The first-order chi connectivity index (χ1) is 13.5. The Morgan fingerprint density at radius 2 is 2.03 bits per heavy atom. The predicted molar refractivity (Wildman–Crippen MR) is 87.9 cm³/mol. The fourth-order valence-corrected chi connectivity index (χ4v) is 4.51. The minimum atomic E-state index is -4.77. The van der Waals surface area contributed by atoms with Crippen molar-refractivity contribution in [3.63, 3.8) is 0 Å². The van der Waals surface area contributed by atoms with E-state index in [4.69, 9.17) is 4.74 Å². The number of carbonyl (C=O) groups excluding carboxylic acids is 1. The molecule has 13 heteroatoms. The molecule has 1 aliphatic carbocycles. The Kier molecular flexibility index (Phi) is 4.64. The van der Waals surface area contributed by atoms with E-state index in [0.717, 1.165) is 21.9 Å². The summed E-state index contributed by atoms with van der Waals surface area (Å²) < 4.78 is 85.2.